The molecule has 0 spiro atoms. The first-order valence-corrected chi connectivity index (χ1v) is 7.15. The Bertz CT molecular complexity index is 782. The zero-order chi connectivity index (χ0) is 14.3. The molecule has 0 aliphatic rings. The molecule has 2 N–H and O–H groups in total. The Hall–Kier alpha value is -1.83. The van der Waals surface area contributed by atoms with Gasteiger partial charge >= 0.3 is 0 Å². The fourth-order valence-electron chi connectivity index (χ4n) is 1.96. The zero-order valence-electron chi connectivity index (χ0n) is 11.1. The lowest BCUT2D eigenvalue weighted by Gasteiger charge is -2.09. The van der Waals surface area contributed by atoms with Gasteiger partial charge in [0.25, 0.3) is 0 Å². The van der Waals surface area contributed by atoms with Crippen LogP contribution in [0.25, 0.3) is 22.6 Å². The Morgan fingerprint density at radius 2 is 1.95 bits per heavy atom. The number of benzene rings is 1. The van der Waals surface area contributed by atoms with Crippen LogP contribution in [0.15, 0.2) is 30.3 Å². The van der Waals surface area contributed by atoms with Gasteiger partial charge in [0, 0.05) is 17.7 Å². The number of hydrogen-bond acceptors (Lipinski definition) is 4. The summed E-state index contributed by atoms with van der Waals surface area (Å²) in [5, 5.41) is 9.96. The highest BCUT2D eigenvalue weighted by molar-refractivity contribution is 14.1. The summed E-state index contributed by atoms with van der Waals surface area (Å²) in [5.74, 6) is 1.68. The molecule has 0 unspecified atom stereocenters. The number of aromatic nitrogens is 3. The lowest BCUT2D eigenvalue weighted by atomic mass is 10.2. The van der Waals surface area contributed by atoms with Crippen molar-refractivity contribution >= 4 is 39.6 Å². The number of aromatic hydroxyl groups is 1. The summed E-state index contributed by atoms with van der Waals surface area (Å²) in [6.45, 7) is 0. The van der Waals surface area contributed by atoms with E-state index in [4.69, 9.17) is 0 Å². The van der Waals surface area contributed by atoms with Crippen LogP contribution in [0.1, 0.15) is 0 Å². The average Bonchev–Trinajstić information content (AvgIpc) is 2.83. The summed E-state index contributed by atoms with van der Waals surface area (Å²) in [5.41, 5.74) is 2.18. The monoisotopic (exact) mass is 380 g/mol. The van der Waals surface area contributed by atoms with E-state index in [2.05, 4.69) is 37.5 Å². The maximum absolute atomic E-state index is 9.96. The van der Waals surface area contributed by atoms with Crippen LogP contribution in [0.5, 0.6) is 5.75 Å². The third kappa shape index (κ3) is 2.31. The van der Waals surface area contributed by atoms with E-state index in [-0.39, 0.29) is 5.75 Å². The predicted octanol–water partition coefficient (Wildman–Crippen LogP) is 3.00. The van der Waals surface area contributed by atoms with Crippen molar-refractivity contribution in [2.75, 3.05) is 19.0 Å². The van der Waals surface area contributed by atoms with Gasteiger partial charge in [-0.3, -0.25) is 0 Å². The molecule has 0 saturated heterocycles. The zero-order valence-corrected chi connectivity index (χ0v) is 13.2. The van der Waals surface area contributed by atoms with E-state index < -0.39 is 0 Å². The first-order valence-electron chi connectivity index (χ1n) is 6.07. The molecular weight excluding hydrogens is 367 g/mol. The van der Waals surface area contributed by atoms with Gasteiger partial charge in [-0.05, 0) is 52.9 Å². The SMILES string of the molecule is CN(C)c1ccc2[nH]c(-c3cc(I)ccc3O)nc2n1. The second-order valence-corrected chi connectivity index (χ2v) is 5.93. The first-order chi connectivity index (χ1) is 9.54. The number of hydrogen-bond donors (Lipinski definition) is 2. The van der Waals surface area contributed by atoms with Gasteiger partial charge in [-0.15, -0.1) is 0 Å². The maximum Gasteiger partial charge on any atom is 0.180 e. The minimum atomic E-state index is 0.206. The van der Waals surface area contributed by atoms with Crippen LogP contribution in [0.4, 0.5) is 5.82 Å². The Morgan fingerprint density at radius 3 is 2.70 bits per heavy atom. The van der Waals surface area contributed by atoms with Gasteiger partial charge in [0.2, 0.25) is 0 Å². The van der Waals surface area contributed by atoms with Crippen molar-refractivity contribution in [2.24, 2.45) is 0 Å². The lowest BCUT2D eigenvalue weighted by molar-refractivity contribution is 0.477. The van der Waals surface area contributed by atoms with Crippen LogP contribution in [0.3, 0.4) is 0 Å². The van der Waals surface area contributed by atoms with E-state index in [1.165, 1.54) is 0 Å². The standard InChI is InChI=1S/C14H13IN4O/c1-19(2)12-6-4-10-14(17-12)18-13(16-10)9-7-8(15)3-5-11(9)20/h3-7,20H,1-2H3,(H,16,17,18). The van der Waals surface area contributed by atoms with Crippen LogP contribution < -0.4 is 4.90 Å². The fraction of sp³-hybridized carbons (Fsp3) is 0.143. The highest BCUT2D eigenvalue weighted by atomic mass is 127. The Labute approximate surface area is 129 Å². The number of aromatic amines is 1. The molecule has 102 valence electrons. The van der Waals surface area contributed by atoms with Crippen LogP contribution in [-0.4, -0.2) is 34.2 Å². The van der Waals surface area contributed by atoms with Crippen molar-refractivity contribution < 1.29 is 5.11 Å². The number of anilines is 1. The number of nitrogens with zero attached hydrogens (tertiary/aromatic N) is 3. The summed E-state index contributed by atoms with van der Waals surface area (Å²) in [4.78, 5) is 14.1. The predicted molar refractivity (Wildman–Crippen MR) is 88.0 cm³/mol. The van der Waals surface area contributed by atoms with Crippen LogP contribution in [0.2, 0.25) is 0 Å². The van der Waals surface area contributed by atoms with E-state index in [0.29, 0.717) is 17.0 Å². The smallest absolute Gasteiger partial charge is 0.180 e. The van der Waals surface area contributed by atoms with Crippen molar-refractivity contribution in [2.45, 2.75) is 0 Å². The molecule has 3 aromatic rings. The molecular formula is C14H13IN4O. The van der Waals surface area contributed by atoms with Gasteiger partial charge in [0.05, 0.1) is 11.1 Å². The number of rotatable bonds is 2. The van der Waals surface area contributed by atoms with Crippen molar-refractivity contribution in [3.8, 4) is 17.1 Å². The Kier molecular flexibility index (Phi) is 3.25. The van der Waals surface area contributed by atoms with Crippen molar-refractivity contribution in [3.63, 3.8) is 0 Å². The number of nitrogens with one attached hydrogen (secondary N) is 1. The van der Waals surface area contributed by atoms with Crippen molar-refractivity contribution in [1.82, 2.24) is 15.0 Å². The number of phenols is 1. The molecule has 0 aliphatic heterocycles. The van der Waals surface area contributed by atoms with E-state index >= 15 is 0 Å². The summed E-state index contributed by atoms with van der Waals surface area (Å²) in [6.07, 6.45) is 0. The molecule has 0 fully saturated rings. The van der Waals surface area contributed by atoms with E-state index in [0.717, 1.165) is 14.9 Å². The summed E-state index contributed by atoms with van der Waals surface area (Å²) in [6, 6.07) is 9.28. The molecule has 0 bridgehead atoms. The molecule has 3 rings (SSSR count). The normalized spacial score (nSPS) is 10.9. The van der Waals surface area contributed by atoms with Crippen molar-refractivity contribution in [1.29, 1.82) is 0 Å². The second-order valence-electron chi connectivity index (χ2n) is 4.68. The van der Waals surface area contributed by atoms with Crippen LogP contribution in [-0.2, 0) is 0 Å². The van der Waals surface area contributed by atoms with Gasteiger partial charge in [-0.1, -0.05) is 0 Å². The van der Waals surface area contributed by atoms with Gasteiger partial charge < -0.3 is 15.0 Å². The van der Waals surface area contributed by atoms with Gasteiger partial charge in [0.1, 0.15) is 17.4 Å². The number of fused-ring (bicyclic) bond motifs is 1. The molecule has 0 aliphatic carbocycles. The number of phenolic OH excluding ortho intramolecular Hbond substituents is 1. The molecule has 0 saturated carbocycles. The lowest BCUT2D eigenvalue weighted by Crippen LogP contribution is -2.10. The Balaban J connectivity index is 2.15. The highest BCUT2D eigenvalue weighted by Crippen LogP contribution is 2.30. The minimum Gasteiger partial charge on any atom is -0.507 e. The largest absolute Gasteiger partial charge is 0.507 e. The summed E-state index contributed by atoms with van der Waals surface area (Å²) >= 11 is 2.21. The summed E-state index contributed by atoms with van der Waals surface area (Å²) < 4.78 is 1.04. The van der Waals surface area contributed by atoms with E-state index in [9.17, 15) is 5.11 Å². The molecule has 1 aromatic carbocycles. The summed E-state index contributed by atoms with van der Waals surface area (Å²) in [7, 11) is 3.88. The van der Waals surface area contributed by atoms with Gasteiger partial charge in [-0.2, -0.15) is 0 Å². The van der Waals surface area contributed by atoms with Crippen LogP contribution in [0, 0.1) is 3.57 Å². The highest BCUT2D eigenvalue weighted by Gasteiger charge is 2.11. The molecule has 5 nitrogen and oxygen atoms in total. The number of pyridine rings is 1. The fourth-order valence-corrected chi connectivity index (χ4v) is 2.45. The van der Waals surface area contributed by atoms with Crippen molar-refractivity contribution in [3.05, 3.63) is 33.9 Å². The number of imidazole rings is 1. The maximum atomic E-state index is 9.96. The van der Waals surface area contributed by atoms with E-state index in [1.807, 2.05) is 43.3 Å². The average molecular weight is 380 g/mol. The minimum absolute atomic E-state index is 0.206. The van der Waals surface area contributed by atoms with Crippen LogP contribution >= 0.6 is 22.6 Å². The molecule has 2 aromatic heterocycles. The molecule has 0 atom stereocenters. The third-order valence-electron chi connectivity index (χ3n) is 3.00. The first kappa shape index (κ1) is 13.2. The van der Waals surface area contributed by atoms with Gasteiger partial charge in [-0.25, -0.2) is 9.97 Å². The molecule has 2 heterocycles. The third-order valence-corrected chi connectivity index (χ3v) is 3.67. The topological polar surface area (TPSA) is 65.0 Å². The number of H-pyrrole nitrogens is 1. The quantitative estimate of drug-likeness (QED) is 0.671. The second kappa shape index (κ2) is 4.93. The molecule has 0 amide bonds. The van der Waals surface area contributed by atoms with E-state index in [1.54, 1.807) is 6.07 Å². The molecule has 6 heteroatoms. The molecule has 0 radical (unpaired) electrons. The van der Waals surface area contributed by atoms with Gasteiger partial charge in [0.15, 0.2) is 5.65 Å². The Morgan fingerprint density at radius 1 is 1.15 bits per heavy atom. The number of halogens is 1. The molecule has 20 heavy (non-hydrogen) atoms.